The van der Waals surface area contributed by atoms with Crippen molar-refractivity contribution in [2.24, 2.45) is 0 Å². The normalized spacial score (nSPS) is 14.6. The number of likely N-dealkylation sites (tertiary alicyclic amines) is 1. The van der Waals surface area contributed by atoms with Gasteiger partial charge >= 0.3 is 6.09 Å². The Labute approximate surface area is 185 Å². The number of carbonyl (C=O) groups excluding carboxylic acids is 2. The highest BCUT2D eigenvalue weighted by atomic mass is 32.2. The molecular formula is C21H23N3O5S2. The minimum atomic E-state index is -3.25. The molecule has 8 nitrogen and oxygen atoms in total. The number of nitrogens with one attached hydrogen (secondary N) is 1. The van der Waals surface area contributed by atoms with Crippen LogP contribution in [0.2, 0.25) is 0 Å². The maximum atomic E-state index is 12.4. The first-order valence-corrected chi connectivity index (χ1v) is 12.4. The van der Waals surface area contributed by atoms with Crippen LogP contribution in [0.25, 0.3) is 0 Å². The minimum absolute atomic E-state index is 0.0361. The van der Waals surface area contributed by atoms with Crippen LogP contribution in [0.4, 0.5) is 4.79 Å². The van der Waals surface area contributed by atoms with Crippen LogP contribution in [0.3, 0.4) is 0 Å². The molecule has 3 rings (SSSR count). The van der Waals surface area contributed by atoms with Crippen molar-refractivity contribution >= 4 is 33.2 Å². The molecule has 2 aromatic rings. The summed E-state index contributed by atoms with van der Waals surface area (Å²) < 4.78 is 28.0. The Kier molecular flexibility index (Phi) is 7.30. The van der Waals surface area contributed by atoms with Gasteiger partial charge in [-0.15, -0.1) is 17.8 Å². The van der Waals surface area contributed by atoms with Crippen LogP contribution >= 0.6 is 11.3 Å². The Morgan fingerprint density at radius 1 is 1.29 bits per heavy atom. The lowest BCUT2D eigenvalue weighted by molar-refractivity contribution is 0.0946. The molecule has 1 N–H and O–H groups in total. The Morgan fingerprint density at radius 3 is 2.58 bits per heavy atom. The van der Waals surface area contributed by atoms with Crippen molar-refractivity contribution in [3.63, 3.8) is 0 Å². The fourth-order valence-corrected chi connectivity index (χ4v) is 4.81. The van der Waals surface area contributed by atoms with Crippen LogP contribution < -0.4 is 5.32 Å². The second-order valence-electron chi connectivity index (χ2n) is 7.19. The number of piperidine rings is 1. The molecule has 0 aliphatic carbocycles. The standard InChI is InChI=1S/C21H23N3O5S2/c1-3-12-29-21(26)24-10-8-16(9-11-24)20-23-18(14-30-20)19(25)22-13-15-4-6-17(7-5-15)31(2,27)28/h1,4-7,14,16H,8-13H2,2H3,(H,22,25). The SMILES string of the molecule is C#CCOC(=O)N1CCC(c2nc(C(=O)NCc3ccc(S(C)(=O)=O)cc3)cs2)CC1. The van der Waals surface area contributed by atoms with Crippen LogP contribution in [0.1, 0.15) is 39.8 Å². The Hall–Kier alpha value is -2.90. The fraction of sp³-hybridized carbons (Fsp3) is 0.381. The zero-order valence-electron chi connectivity index (χ0n) is 17.0. The number of terminal acetylenes is 1. The van der Waals surface area contributed by atoms with Gasteiger partial charge in [0.25, 0.3) is 5.91 Å². The van der Waals surface area contributed by atoms with Crippen molar-refractivity contribution in [1.82, 2.24) is 15.2 Å². The predicted octanol–water partition coefficient (Wildman–Crippen LogP) is 2.43. The number of thiazole rings is 1. The third kappa shape index (κ3) is 6.06. The minimum Gasteiger partial charge on any atom is -0.436 e. The molecule has 0 spiro atoms. The highest BCUT2D eigenvalue weighted by molar-refractivity contribution is 7.90. The van der Waals surface area contributed by atoms with Gasteiger partial charge in [0, 0.05) is 37.2 Å². The predicted molar refractivity (Wildman–Crippen MR) is 117 cm³/mol. The molecule has 0 bridgehead atoms. The number of nitrogens with zero attached hydrogens (tertiary/aromatic N) is 2. The van der Waals surface area contributed by atoms with E-state index in [-0.39, 0.29) is 29.9 Å². The molecule has 1 saturated heterocycles. The van der Waals surface area contributed by atoms with E-state index < -0.39 is 15.9 Å². The van der Waals surface area contributed by atoms with Crippen LogP contribution in [0.5, 0.6) is 0 Å². The van der Waals surface area contributed by atoms with E-state index in [2.05, 4.69) is 16.2 Å². The van der Waals surface area contributed by atoms with Gasteiger partial charge in [0.2, 0.25) is 0 Å². The summed E-state index contributed by atoms with van der Waals surface area (Å²) in [4.78, 5) is 30.6. The maximum absolute atomic E-state index is 12.4. The molecule has 1 aliphatic rings. The van der Waals surface area contributed by atoms with Crippen molar-refractivity contribution in [2.75, 3.05) is 26.0 Å². The van der Waals surface area contributed by atoms with E-state index in [0.717, 1.165) is 29.7 Å². The Bertz CT molecular complexity index is 1080. The van der Waals surface area contributed by atoms with Crippen molar-refractivity contribution < 1.29 is 22.7 Å². The van der Waals surface area contributed by atoms with E-state index in [1.165, 1.54) is 23.5 Å². The summed E-state index contributed by atoms with van der Waals surface area (Å²) in [6.45, 7) is 1.34. The molecule has 0 saturated carbocycles. The Balaban J connectivity index is 1.51. The summed E-state index contributed by atoms with van der Waals surface area (Å²) in [6, 6.07) is 6.38. The third-order valence-corrected chi connectivity index (χ3v) is 7.08. The molecule has 2 amide bonds. The smallest absolute Gasteiger partial charge is 0.410 e. The molecule has 31 heavy (non-hydrogen) atoms. The number of hydrogen-bond donors (Lipinski definition) is 1. The van der Waals surface area contributed by atoms with Crippen molar-refractivity contribution in [3.05, 3.63) is 45.9 Å². The van der Waals surface area contributed by atoms with Gasteiger partial charge in [0.05, 0.1) is 9.90 Å². The summed E-state index contributed by atoms with van der Waals surface area (Å²) in [5.41, 5.74) is 1.14. The first kappa shape index (κ1) is 22.8. The number of aromatic nitrogens is 1. The molecule has 10 heteroatoms. The summed E-state index contributed by atoms with van der Waals surface area (Å²) in [7, 11) is -3.25. The van der Waals surface area contributed by atoms with E-state index in [1.54, 1.807) is 22.4 Å². The maximum Gasteiger partial charge on any atom is 0.410 e. The largest absolute Gasteiger partial charge is 0.436 e. The molecule has 164 valence electrons. The summed E-state index contributed by atoms with van der Waals surface area (Å²) in [5.74, 6) is 2.17. The zero-order chi connectivity index (χ0) is 22.4. The van der Waals surface area contributed by atoms with Gasteiger partial charge in [-0.2, -0.15) is 0 Å². The average molecular weight is 462 g/mol. The lowest BCUT2D eigenvalue weighted by Gasteiger charge is -2.30. The van der Waals surface area contributed by atoms with E-state index in [0.29, 0.717) is 18.8 Å². The third-order valence-electron chi connectivity index (χ3n) is 4.94. The van der Waals surface area contributed by atoms with Crippen LogP contribution in [0.15, 0.2) is 34.5 Å². The van der Waals surface area contributed by atoms with Gasteiger partial charge in [-0.25, -0.2) is 18.2 Å². The van der Waals surface area contributed by atoms with Gasteiger partial charge in [0.15, 0.2) is 16.4 Å². The van der Waals surface area contributed by atoms with E-state index in [1.807, 2.05) is 0 Å². The second-order valence-corrected chi connectivity index (χ2v) is 10.1. The summed E-state index contributed by atoms with van der Waals surface area (Å²) in [6.07, 6.45) is 7.33. The van der Waals surface area contributed by atoms with Crippen molar-refractivity contribution in [1.29, 1.82) is 0 Å². The summed E-state index contributed by atoms with van der Waals surface area (Å²) >= 11 is 1.43. The lowest BCUT2D eigenvalue weighted by Crippen LogP contribution is -2.38. The van der Waals surface area contributed by atoms with Gasteiger partial charge in [0.1, 0.15) is 5.69 Å². The van der Waals surface area contributed by atoms with Crippen LogP contribution in [-0.4, -0.2) is 56.3 Å². The number of amides is 2. The monoisotopic (exact) mass is 461 g/mol. The van der Waals surface area contributed by atoms with Crippen LogP contribution in [0, 0.1) is 12.3 Å². The topological polar surface area (TPSA) is 106 Å². The number of carbonyl (C=O) groups is 2. The van der Waals surface area contributed by atoms with Crippen molar-refractivity contribution in [2.45, 2.75) is 30.2 Å². The van der Waals surface area contributed by atoms with E-state index in [4.69, 9.17) is 11.2 Å². The highest BCUT2D eigenvalue weighted by Gasteiger charge is 2.27. The van der Waals surface area contributed by atoms with E-state index >= 15 is 0 Å². The molecule has 0 radical (unpaired) electrons. The van der Waals surface area contributed by atoms with E-state index in [9.17, 15) is 18.0 Å². The first-order valence-electron chi connectivity index (χ1n) is 9.65. The molecular weight excluding hydrogens is 438 g/mol. The van der Waals surface area contributed by atoms with Gasteiger partial charge in [-0.1, -0.05) is 18.1 Å². The first-order chi connectivity index (χ1) is 14.8. The molecule has 1 aromatic carbocycles. The lowest BCUT2D eigenvalue weighted by atomic mass is 9.98. The number of ether oxygens (including phenoxy) is 1. The quantitative estimate of drug-likeness (QED) is 0.663. The molecule has 0 unspecified atom stereocenters. The molecule has 0 atom stereocenters. The number of sulfone groups is 1. The molecule has 1 aromatic heterocycles. The van der Waals surface area contributed by atoms with Gasteiger partial charge in [-0.3, -0.25) is 4.79 Å². The fourth-order valence-electron chi connectivity index (χ4n) is 3.21. The second kappa shape index (κ2) is 9.94. The molecule has 2 heterocycles. The zero-order valence-corrected chi connectivity index (χ0v) is 18.7. The van der Waals surface area contributed by atoms with Gasteiger partial charge < -0.3 is 15.0 Å². The Morgan fingerprint density at radius 2 is 1.97 bits per heavy atom. The number of hydrogen-bond acceptors (Lipinski definition) is 7. The van der Waals surface area contributed by atoms with Gasteiger partial charge in [-0.05, 0) is 30.5 Å². The molecule has 1 fully saturated rings. The number of rotatable bonds is 6. The highest BCUT2D eigenvalue weighted by Crippen LogP contribution is 2.30. The van der Waals surface area contributed by atoms with Crippen molar-refractivity contribution in [3.8, 4) is 12.3 Å². The summed E-state index contributed by atoms with van der Waals surface area (Å²) in [5, 5.41) is 5.40. The molecule has 1 aliphatic heterocycles. The number of benzene rings is 1. The van der Waals surface area contributed by atoms with Crippen LogP contribution in [-0.2, 0) is 21.1 Å². The average Bonchev–Trinajstić information content (AvgIpc) is 3.26.